The number of nitrogens with two attached hydrogens (primary N) is 2. The number of nitrogens with one attached hydrogen (secondary N) is 5. The summed E-state index contributed by atoms with van der Waals surface area (Å²) in [6.45, 7) is 8.02. The Morgan fingerprint density at radius 1 is 0.948 bits per heavy atom. The molecule has 0 spiro atoms. The first-order valence-electron chi connectivity index (χ1n) is 19.0. The lowest BCUT2D eigenvalue weighted by Crippen LogP contribution is -2.56. The SMILES string of the molecule is C/C=C1\NC(=O)CCC(C(=O)O)NC(=O)C(C)C(/C=C\C(C)=C\C(C)C(Cc2ccccc2)OC)NC(=O)C(CCCN=C(N)N)NC(=O)C(C)C(C(=O)O)NC1=O. The van der Waals surface area contributed by atoms with E-state index in [1.165, 1.54) is 26.8 Å². The van der Waals surface area contributed by atoms with E-state index in [0.717, 1.165) is 11.1 Å². The van der Waals surface area contributed by atoms with Crippen LogP contribution in [0.3, 0.4) is 0 Å². The van der Waals surface area contributed by atoms with E-state index in [1.807, 2.05) is 50.3 Å². The largest absolute Gasteiger partial charge is 0.480 e. The maximum atomic E-state index is 14.0. The van der Waals surface area contributed by atoms with Crippen molar-refractivity contribution in [3.63, 3.8) is 0 Å². The lowest BCUT2D eigenvalue weighted by atomic mass is 9.94. The Balaban J connectivity index is 2.60. The van der Waals surface area contributed by atoms with Crippen LogP contribution in [0.1, 0.15) is 65.9 Å². The van der Waals surface area contributed by atoms with Gasteiger partial charge in [0.15, 0.2) is 5.96 Å². The minimum atomic E-state index is -1.80. The standard InChI is InChI=1S/C40H58N8O10/c1-7-27-36(52)48-33(39(56)57)25(5)35(51)46-29(14-11-19-43-40(41)42)37(53)45-28(24(4)34(50)47-30(38(54)55)17-18-32(49)44-27)16-15-22(2)20-23(3)31(58-6)21-26-12-9-8-10-13-26/h7-10,12-13,15-16,20,23-25,28-31,33H,11,14,17-19,21H2,1-6H3,(H,44,49)(H,45,53)(H,46,51)(H,47,50)(H,48,52)(H,54,55)(H,56,57)(H4,41,42,43)/b16-15-,22-20+,27-7-. The van der Waals surface area contributed by atoms with E-state index in [0.29, 0.717) is 6.42 Å². The molecule has 1 heterocycles. The van der Waals surface area contributed by atoms with Crippen LogP contribution in [-0.4, -0.2) is 102 Å². The number of carboxylic acid groups (broad SMARTS) is 2. The number of carbonyl (C=O) groups is 7. The first-order chi connectivity index (χ1) is 27.4. The summed E-state index contributed by atoms with van der Waals surface area (Å²) >= 11 is 0. The molecule has 0 aromatic heterocycles. The van der Waals surface area contributed by atoms with E-state index in [4.69, 9.17) is 16.2 Å². The number of benzene rings is 1. The van der Waals surface area contributed by atoms with Gasteiger partial charge in [0.25, 0.3) is 5.91 Å². The van der Waals surface area contributed by atoms with Crippen LogP contribution in [0.4, 0.5) is 0 Å². The van der Waals surface area contributed by atoms with E-state index in [2.05, 4.69) is 31.6 Å². The Bertz CT molecular complexity index is 1740. The Kier molecular flexibility index (Phi) is 19.8. The highest BCUT2D eigenvalue weighted by atomic mass is 16.5. The molecular weight excluding hydrogens is 752 g/mol. The summed E-state index contributed by atoms with van der Waals surface area (Å²) < 4.78 is 5.78. The van der Waals surface area contributed by atoms with E-state index in [9.17, 15) is 43.8 Å². The average Bonchev–Trinajstić information content (AvgIpc) is 3.17. The zero-order valence-electron chi connectivity index (χ0n) is 33.8. The molecule has 0 radical (unpaired) electrons. The molecule has 2 rings (SSSR count). The van der Waals surface area contributed by atoms with Crippen LogP contribution in [0, 0.1) is 17.8 Å². The Morgan fingerprint density at radius 3 is 2.19 bits per heavy atom. The molecular formula is C40H58N8O10. The fourth-order valence-electron chi connectivity index (χ4n) is 6.09. The van der Waals surface area contributed by atoms with Crippen molar-refractivity contribution >= 4 is 47.4 Å². The number of hydrogen-bond acceptors (Lipinski definition) is 9. The van der Waals surface area contributed by atoms with Crippen LogP contribution >= 0.6 is 0 Å². The fourth-order valence-corrected chi connectivity index (χ4v) is 6.09. The minimum Gasteiger partial charge on any atom is -0.480 e. The van der Waals surface area contributed by atoms with Gasteiger partial charge in [0, 0.05) is 26.0 Å². The van der Waals surface area contributed by atoms with Crippen LogP contribution in [0.5, 0.6) is 0 Å². The molecule has 18 nitrogen and oxygen atoms in total. The number of carbonyl (C=O) groups excluding carboxylic acids is 5. The molecule has 1 saturated heterocycles. The van der Waals surface area contributed by atoms with Crippen LogP contribution in [-0.2, 0) is 44.7 Å². The maximum absolute atomic E-state index is 14.0. The number of rotatable bonds is 13. The van der Waals surface area contributed by atoms with Gasteiger partial charge in [0.1, 0.15) is 23.8 Å². The van der Waals surface area contributed by atoms with Crippen molar-refractivity contribution in [3.05, 3.63) is 71.5 Å². The van der Waals surface area contributed by atoms with Crippen molar-refractivity contribution in [3.8, 4) is 0 Å². The Hall–Kier alpha value is -6.04. The van der Waals surface area contributed by atoms with E-state index in [1.54, 1.807) is 19.3 Å². The number of carboxylic acids is 2. The van der Waals surface area contributed by atoms with Crippen molar-refractivity contribution in [1.29, 1.82) is 0 Å². The highest BCUT2D eigenvalue weighted by Gasteiger charge is 2.36. The third-order valence-electron chi connectivity index (χ3n) is 9.65. The first-order valence-corrected chi connectivity index (χ1v) is 19.0. The quantitative estimate of drug-likeness (QED) is 0.0436. The highest BCUT2D eigenvalue weighted by Crippen LogP contribution is 2.18. The van der Waals surface area contributed by atoms with Gasteiger partial charge in [-0.2, -0.15) is 0 Å². The van der Waals surface area contributed by atoms with Gasteiger partial charge in [-0.25, -0.2) is 9.59 Å². The molecule has 11 N–H and O–H groups in total. The summed E-state index contributed by atoms with van der Waals surface area (Å²) in [5.74, 6) is -10.1. The van der Waals surface area contributed by atoms with Crippen molar-refractivity contribution in [2.24, 2.45) is 34.2 Å². The number of aliphatic carboxylic acids is 2. The summed E-state index contributed by atoms with van der Waals surface area (Å²) in [4.78, 5) is 95.6. The molecule has 1 aliphatic heterocycles. The first kappa shape index (κ1) is 48.1. The summed E-state index contributed by atoms with van der Waals surface area (Å²) in [6.07, 6.45) is 6.24. The normalized spacial score (nSPS) is 25.1. The van der Waals surface area contributed by atoms with Crippen LogP contribution < -0.4 is 38.1 Å². The average molecular weight is 811 g/mol. The number of amides is 5. The number of aliphatic imine (C=N–C) groups is 1. The molecule has 0 aliphatic carbocycles. The van der Waals surface area contributed by atoms with Gasteiger partial charge < -0.3 is 53.0 Å². The number of nitrogens with zero attached hydrogens (tertiary/aromatic N) is 1. The van der Waals surface area contributed by atoms with E-state index in [-0.39, 0.29) is 49.5 Å². The van der Waals surface area contributed by atoms with Gasteiger partial charge in [-0.15, -0.1) is 0 Å². The molecule has 5 amide bonds. The number of guanidine groups is 1. The van der Waals surface area contributed by atoms with Gasteiger partial charge in [-0.1, -0.05) is 81.0 Å². The third kappa shape index (κ3) is 15.8. The van der Waals surface area contributed by atoms with E-state index >= 15 is 0 Å². The van der Waals surface area contributed by atoms with E-state index < -0.39 is 83.9 Å². The van der Waals surface area contributed by atoms with Crippen LogP contribution in [0.2, 0.25) is 0 Å². The molecule has 8 unspecified atom stereocenters. The molecule has 18 heteroatoms. The van der Waals surface area contributed by atoms with Crippen molar-refractivity contribution < 1.29 is 48.5 Å². The molecule has 1 fully saturated rings. The second-order valence-electron chi connectivity index (χ2n) is 14.2. The molecule has 1 aromatic rings. The van der Waals surface area contributed by atoms with Gasteiger partial charge in [-0.3, -0.25) is 29.0 Å². The predicted octanol–water partition coefficient (Wildman–Crippen LogP) is 0.631. The summed E-state index contributed by atoms with van der Waals surface area (Å²) in [5.41, 5.74) is 12.4. The molecule has 58 heavy (non-hydrogen) atoms. The Morgan fingerprint density at radius 2 is 1.60 bits per heavy atom. The number of methoxy groups -OCH3 is 1. The fraction of sp³-hybridized carbons (Fsp3) is 0.500. The zero-order chi connectivity index (χ0) is 43.5. The van der Waals surface area contributed by atoms with Gasteiger partial charge in [0.05, 0.1) is 24.0 Å². The second kappa shape index (κ2) is 23.9. The zero-order valence-corrected chi connectivity index (χ0v) is 33.8. The minimum absolute atomic E-state index is 0.0334. The predicted molar refractivity (Wildman–Crippen MR) is 215 cm³/mol. The topological polar surface area (TPSA) is 294 Å². The molecule has 318 valence electrons. The van der Waals surface area contributed by atoms with Crippen molar-refractivity contribution in [2.45, 2.75) is 97.0 Å². The van der Waals surface area contributed by atoms with Gasteiger partial charge in [0.2, 0.25) is 23.6 Å². The number of hydrogen-bond donors (Lipinski definition) is 9. The highest BCUT2D eigenvalue weighted by molar-refractivity contribution is 6.00. The lowest BCUT2D eigenvalue weighted by molar-refractivity contribution is -0.146. The molecule has 1 aromatic carbocycles. The summed E-state index contributed by atoms with van der Waals surface area (Å²) in [7, 11) is 1.63. The lowest BCUT2D eigenvalue weighted by Gasteiger charge is -2.27. The summed E-state index contributed by atoms with van der Waals surface area (Å²) in [6, 6.07) is 4.11. The van der Waals surface area contributed by atoms with Gasteiger partial charge >= 0.3 is 11.9 Å². The second-order valence-corrected chi connectivity index (χ2v) is 14.2. The summed E-state index contributed by atoms with van der Waals surface area (Å²) in [5, 5.41) is 32.3. The van der Waals surface area contributed by atoms with Crippen LogP contribution in [0.15, 0.2) is 70.9 Å². The smallest absolute Gasteiger partial charge is 0.327 e. The third-order valence-corrected chi connectivity index (χ3v) is 9.65. The van der Waals surface area contributed by atoms with Crippen molar-refractivity contribution in [2.75, 3.05) is 13.7 Å². The van der Waals surface area contributed by atoms with Gasteiger partial charge in [-0.05, 0) is 45.1 Å². The monoisotopic (exact) mass is 810 g/mol. The molecule has 8 atom stereocenters. The number of ether oxygens (including phenoxy) is 1. The molecule has 0 saturated carbocycles. The van der Waals surface area contributed by atoms with Crippen molar-refractivity contribution in [1.82, 2.24) is 26.6 Å². The molecule has 0 bridgehead atoms. The maximum Gasteiger partial charge on any atom is 0.327 e. The Labute approximate surface area is 338 Å². The molecule has 1 aliphatic rings. The van der Waals surface area contributed by atoms with Crippen LogP contribution in [0.25, 0.3) is 0 Å². The number of allylic oxidation sites excluding steroid dienone is 3.